The molecule has 0 bridgehead atoms. The number of hydrogen-bond donors (Lipinski definition) is 1. The Bertz CT molecular complexity index is 709. The van der Waals surface area contributed by atoms with E-state index in [1.54, 1.807) is 27.2 Å². The summed E-state index contributed by atoms with van der Waals surface area (Å²) in [6.45, 7) is 5.45. The van der Waals surface area contributed by atoms with Crippen LogP contribution in [0, 0.1) is 0 Å². The van der Waals surface area contributed by atoms with E-state index in [4.69, 9.17) is 19.9 Å². The highest BCUT2D eigenvalue weighted by Gasteiger charge is 2.19. The van der Waals surface area contributed by atoms with Crippen LogP contribution in [-0.2, 0) is 32.0 Å². The molecule has 2 aromatic heterocycles. The molecule has 8 heteroatoms. The van der Waals surface area contributed by atoms with E-state index >= 15 is 0 Å². The van der Waals surface area contributed by atoms with E-state index in [9.17, 15) is 4.79 Å². The molecular weight excluding hydrogens is 336 g/mol. The van der Waals surface area contributed by atoms with Gasteiger partial charge in [-0.25, -0.2) is 4.98 Å². The Labute approximate surface area is 153 Å². The molecular formula is C18H28N4O4. The van der Waals surface area contributed by atoms with Gasteiger partial charge in [-0.3, -0.25) is 9.69 Å². The number of anilines is 1. The molecule has 2 N–H and O–H groups in total. The summed E-state index contributed by atoms with van der Waals surface area (Å²) in [7, 11) is 3.35. The molecule has 2 rings (SSSR count). The highest BCUT2D eigenvalue weighted by atomic mass is 16.5. The first-order chi connectivity index (χ1) is 12.6. The number of hydrogen-bond acceptors (Lipinski definition) is 7. The summed E-state index contributed by atoms with van der Waals surface area (Å²) in [5.41, 5.74) is 8.97. The summed E-state index contributed by atoms with van der Waals surface area (Å²) >= 11 is 0. The van der Waals surface area contributed by atoms with E-state index in [2.05, 4.69) is 9.88 Å². The lowest BCUT2D eigenvalue weighted by Crippen LogP contribution is -2.31. The first kappa shape index (κ1) is 20.2. The standard InChI is InChI=1S/C18H28N4O4/c1-4-26-18(23)11-15-16(13-21(7-9-24-2)8-10-25-3)22-12-14(19)5-6-17(22)20-15/h5-6,12H,4,7-11,13,19H2,1-3H3. The maximum atomic E-state index is 12.0. The number of aromatic nitrogens is 2. The molecule has 0 amide bonds. The minimum atomic E-state index is -0.287. The van der Waals surface area contributed by atoms with Crippen LogP contribution in [0.4, 0.5) is 5.69 Å². The van der Waals surface area contributed by atoms with Gasteiger partial charge in [0.15, 0.2) is 0 Å². The second-order valence-electron chi connectivity index (χ2n) is 5.94. The van der Waals surface area contributed by atoms with Crippen molar-refractivity contribution in [3.8, 4) is 0 Å². The number of rotatable bonds is 11. The van der Waals surface area contributed by atoms with Crippen molar-refractivity contribution in [3.05, 3.63) is 29.7 Å². The van der Waals surface area contributed by atoms with Gasteiger partial charge in [-0.05, 0) is 19.1 Å². The van der Waals surface area contributed by atoms with Gasteiger partial charge in [0.25, 0.3) is 0 Å². The largest absolute Gasteiger partial charge is 0.466 e. The Hall–Kier alpha value is -2.16. The quantitative estimate of drug-likeness (QED) is 0.597. The lowest BCUT2D eigenvalue weighted by molar-refractivity contribution is -0.142. The number of ether oxygens (including phenoxy) is 3. The summed E-state index contributed by atoms with van der Waals surface area (Å²) in [5.74, 6) is -0.287. The van der Waals surface area contributed by atoms with Gasteiger partial charge < -0.3 is 24.3 Å². The molecule has 0 spiro atoms. The second-order valence-corrected chi connectivity index (χ2v) is 5.94. The Morgan fingerprint density at radius 3 is 2.54 bits per heavy atom. The van der Waals surface area contributed by atoms with Crippen molar-refractivity contribution in [1.82, 2.24) is 14.3 Å². The molecule has 2 aromatic rings. The number of nitrogens with zero attached hydrogens (tertiary/aromatic N) is 3. The number of carbonyl (C=O) groups excluding carboxylic acids is 1. The maximum absolute atomic E-state index is 12.0. The average molecular weight is 364 g/mol. The van der Waals surface area contributed by atoms with Crippen molar-refractivity contribution < 1.29 is 19.0 Å². The number of nitrogen functional groups attached to an aromatic ring is 1. The fraction of sp³-hybridized carbons (Fsp3) is 0.556. The van der Waals surface area contributed by atoms with E-state index < -0.39 is 0 Å². The number of carbonyl (C=O) groups is 1. The predicted octanol–water partition coefficient (Wildman–Crippen LogP) is 1.12. The van der Waals surface area contributed by atoms with Crippen LogP contribution < -0.4 is 5.73 Å². The molecule has 144 valence electrons. The van der Waals surface area contributed by atoms with Gasteiger partial charge >= 0.3 is 5.97 Å². The normalized spacial score (nSPS) is 11.4. The summed E-state index contributed by atoms with van der Waals surface area (Å²) < 4.78 is 17.4. The Morgan fingerprint density at radius 2 is 1.92 bits per heavy atom. The van der Waals surface area contributed by atoms with Crippen molar-refractivity contribution in [3.63, 3.8) is 0 Å². The summed E-state index contributed by atoms with van der Waals surface area (Å²) in [6.07, 6.45) is 1.96. The first-order valence-electron chi connectivity index (χ1n) is 8.70. The Balaban J connectivity index is 2.33. The molecule has 0 unspecified atom stereocenters. The molecule has 0 saturated heterocycles. The van der Waals surface area contributed by atoms with Crippen LogP contribution in [0.2, 0.25) is 0 Å². The average Bonchev–Trinajstić information content (AvgIpc) is 2.94. The minimum absolute atomic E-state index is 0.132. The van der Waals surface area contributed by atoms with Gasteiger partial charge in [0.05, 0.1) is 37.6 Å². The molecule has 0 aromatic carbocycles. The van der Waals surface area contributed by atoms with Gasteiger partial charge in [0.1, 0.15) is 5.65 Å². The van der Waals surface area contributed by atoms with Crippen LogP contribution in [-0.4, -0.2) is 67.4 Å². The van der Waals surface area contributed by atoms with Crippen LogP contribution in [0.1, 0.15) is 18.3 Å². The van der Waals surface area contributed by atoms with Gasteiger partial charge in [0, 0.05) is 45.7 Å². The maximum Gasteiger partial charge on any atom is 0.311 e. The van der Waals surface area contributed by atoms with Crippen molar-refractivity contribution in [2.45, 2.75) is 19.9 Å². The number of methoxy groups -OCH3 is 2. The third-order valence-electron chi connectivity index (χ3n) is 4.04. The highest BCUT2D eigenvalue weighted by molar-refractivity contribution is 5.73. The number of pyridine rings is 1. The van der Waals surface area contributed by atoms with Crippen LogP contribution in [0.5, 0.6) is 0 Å². The molecule has 0 radical (unpaired) electrons. The van der Waals surface area contributed by atoms with Gasteiger partial charge in [-0.2, -0.15) is 0 Å². The Kier molecular flexibility index (Phi) is 7.83. The van der Waals surface area contributed by atoms with Crippen LogP contribution in [0.3, 0.4) is 0 Å². The van der Waals surface area contributed by atoms with Crippen molar-refractivity contribution in [2.24, 2.45) is 0 Å². The number of fused-ring (bicyclic) bond motifs is 1. The molecule has 0 fully saturated rings. The van der Waals surface area contributed by atoms with E-state index in [1.807, 2.05) is 16.7 Å². The predicted molar refractivity (Wildman–Crippen MR) is 99.0 cm³/mol. The number of imidazole rings is 1. The molecule has 2 heterocycles. The topological polar surface area (TPSA) is 91.3 Å². The van der Waals surface area contributed by atoms with E-state index in [1.165, 1.54) is 0 Å². The molecule has 0 saturated carbocycles. The lowest BCUT2D eigenvalue weighted by Gasteiger charge is -2.22. The van der Waals surface area contributed by atoms with Crippen LogP contribution in [0.25, 0.3) is 5.65 Å². The highest BCUT2D eigenvalue weighted by Crippen LogP contribution is 2.18. The summed E-state index contributed by atoms with van der Waals surface area (Å²) in [5, 5.41) is 0. The lowest BCUT2D eigenvalue weighted by atomic mass is 10.2. The zero-order chi connectivity index (χ0) is 18.9. The van der Waals surface area contributed by atoms with E-state index in [0.717, 1.165) is 24.4 Å². The molecule has 0 aliphatic heterocycles. The summed E-state index contributed by atoms with van der Waals surface area (Å²) in [4.78, 5) is 18.8. The van der Waals surface area contributed by atoms with Gasteiger partial charge in [-0.15, -0.1) is 0 Å². The number of esters is 1. The molecule has 8 nitrogen and oxygen atoms in total. The zero-order valence-electron chi connectivity index (χ0n) is 15.7. The van der Waals surface area contributed by atoms with Crippen LogP contribution in [0.15, 0.2) is 18.3 Å². The molecule has 26 heavy (non-hydrogen) atoms. The molecule has 0 atom stereocenters. The van der Waals surface area contributed by atoms with E-state index in [0.29, 0.717) is 37.7 Å². The summed E-state index contributed by atoms with van der Waals surface area (Å²) in [6, 6.07) is 3.65. The first-order valence-corrected chi connectivity index (χ1v) is 8.70. The number of nitrogens with two attached hydrogens (primary N) is 1. The van der Waals surface area contributed by atoms with Crippen molar-refractivity contribution in [1.29, 1.82) is 0 Å². The van der Waals surface area contributed by atoms with E-state index in [-0.39, 0.29) is 12.4 Å². The van der Waals surface area contributed by atoms with Crippen molar-refractivity contribution in [2.75, 3.05) is 52.9 Å². The third kappa shape index (κ3) is 5.42. The zero-order valence-corrected chi connectivity index (χ0v) is 15.7. The Morgan fingerprint density at radius 1 is 1.23 bits per heavy atom. The third-order valence-corrected chi connectivity index (χ3v) is 4.04. The fourth-order valence-corrected chi connectivity index (χ4v) is 2.74. The fourth-order valence-electron chi connectivity index (χ4n) is 2.74. The molecule has 0 aliphatic carbocycles. The monoisotopic (exact) mass is 364 g/mol. The van der Waals surface area contributed by atoms with Crippen LogP contribution >= 0.6 is 0 Å². The molecule has 0 aliphatic rings. The SMILES string of the molecule is CCOC(=O)Cc1nc2ccc(N)cn2c1CN(CCOC)CCOC. The van der Waals surface area contributed by atoms with Gasteiger partial charge in [0.2, 0.25) is 0 Å². The smallest absolute Gasteiger partial charge is 0.311 e. The van der Waals surface area contributed by atoms with Gasteiger partial charge in [-0.1, -0.05) is 0 Å². The van der Waals surface area contributed by atoms with Crippen molar-refractivity contribution >= 4 is 17.3 Å². The minimum Gasteiger partial charge on any atom is -0.466 e. The second kappa shape index (κ2) is 10.1.